The summed E-state index contributed by atoms with van der Waals surface area (Å²) in [6.07, 6.45) is 1.74. The first-order valence-electron chi connectivity index (χ1n) is 7.73. The van der Waals surface area contributed by atoms with Crippen LogP contribution < -0.4 is 15.7 Å². The van der Waals surface area contributed by atoms with Crippen molar-refractivity contribution in [1.82, 2.24) is 19.6 Å². The first-order valence-corrected chi connectivity index (χ1v) is 7.73. The summed E-state index contributed by atoms with van der Waals surface area (Å²) in [5.74, 6) is 1.39. The number of fused-ring (bicyclic) bond motifs is 1. The summed E-state index contributed by atoms with van der Waals surface area (Å²) in [4.78, 5) is 16.6. The van der Waals surface area contributed by atoms with E-state index in [0.29, 0.717) is 18.0 Å². The number of benzene rings is 1. The van der Waals surface area contributed by atoms with E-state index < -0.39 is 0 Å². The quantitative estimate of drug-likeness (QED) is 0.768. The molecule has 3 aromatic rings. The van der Waals surface area contributed by atoms with Crippen LogP contribution in [0.2, 0.25) is 0 Å². The van der Waals surface area contributed by atoms with Gasteiger partial charge in [-0.15, -0.1) is 5.10 Å². The topological polar surface area (TPSA) is 84.3 Å². The van der Waals surface area contributed by atoms with Crippen molar-refractivity contribution in [3.05, 3.63) is 52.2 Å². The number of anilines is 1. The van der Waals surface area contributed by atoms with Gasteiger partial charge in [-0.25, -0.2) is 19.3 Å². The Hall–Kier alpha value is -2.83. The molecule has 0 spiro atoms. The molecular formula is C17H21N5O2. The summed E-state index contributed by atoms with van der Waals surface area (Å²) in [5, 5.41) is 9.80. The molecule has 126 valence electrons. The van der Waals surface area contributed by atoms with Crippen LogP contribution in [-0.4, -0.2) is 26.7 Å². The van der Waals surface area contributed by atoms with Crippen molar-refractivity contribution in [2.75, 3.05) is 12.4 Å². The van der Waals surface area contributed by atoms with E-state index in [4.69, 9.17) is 4.74 Å². The van der Waals surface area contributed by atoms with Crippen molar-refractivity contribution < 1.29 is 4.74 Å². The Balaban J connectivity index is 1.94. The third-order valence-corrected chi connectivity index (χ3v) is 3.79. The number of ether oxygens (including phenoxy) is 1. The van der Waals surface area contributed by atoms with E-state index in [1.54, 1.807) is 13.3 Å². The molecular weight excluding hydrogens is 306 g/mol. The maximum absolute atomic E-state index is 11.9. The fraction of sp³-hybridized carbons (Fsp3) is 0.353. The van der Waals surface area contributed by atoms with E-state index in [9.17, 15) is 4.79 Å². The van der Waals surface area contributed by atoms with Crippen molar-refractivity contribution >= 4 is 11.5 Å². The van der Waals surface area contributed by atoms with Crippen LogP contribution in [0.3, 0.4) is 0 Å². The predicted molar refractivity (Wildman–Crippen MR) is 92.6 cm³/mol. The van der Waals surface area contributed by atoms with Crippen LogP contribution >= 0.6 is 0 Å². The van der Waals surface area contributed by atoms with Crippen LogP contribution in [0.4, 0.5) is 5.82 Å². The maximum Gasteiger partial charge on any atom is 0.347 e. The summed E-state index contributed by atoms with van der Waals surface area (Å²) in [5.41, 5.74) is 1.93. The van der Waals surface area contributed by atoms with Gasteiger partial charge in [0, 0.05) is 18.2 Å². The number of methoxy groups -OCH3 is 1. The Morgan fingerprint density at radius 2 is 1.96 bits per heavy atom. The molecule has 0 fully saturated rings. The van der Waals surface area contributed by atoms with Crippen molar-refractivity contribution in [3.63, 3.8) is 0 Å². The predicted octanol–water partition coefficient (Wildman–Crippen LogP) is 2.34. The van der Waals surface area contributed by atoms with Crippen LogP contribution in [0.5, 0.6) is 5.75 Å². The molecule has 0 atom stereocenters. The van der Waals surface area contributed by atoms with Gasteiger partial charge in [-0.1, -0.05) is 32.9 Å². The minimum Gasteiger partial charge on any atom is -0.497 e. The van der Waals surface area contributed by atoms with Crippen molar-refractivity contribution in [2.45, 2.75) is 32.7 Å². The van der Waals surface area contributed by atoms with Crippen LogP contribution in [-0.2, 0) is 12.0 Å². The second kappa shape index (κ2) is 5.99. The zero-order valence-corrected chi connectivity index (χ0v) is 14.3. The molecule has 1 aromatic carbocycles. The molecule has 0 amide bonds. The second-order valence-electron chi connectivity index (χ2n) is 6.65. The molecule has 0 saturated heterocycles. The summed E-state index contributed by atoms with van der Waals surface area (Å²) in [6.45, 7) is 6.74. The highest BCUT2D eigenvalue weighted by Crippen LogP contribution is 2.23. The van der Waals surface area contributed by atoms with Gasteiger partial charge < -0.3 is 10.1 Å². The molecule has 2 aromatic heterocycles. The molecule has 7 heteroatoms. The SMILES string of the molecule is COc1ccc(CNc2nc(C(C)(C)C)cn3c(=O)[nH]nc23)cc1. The summed E-state index contributed by atoms with van der Waals surface area (Å²) < 4.78 is 6.65. The van der Waals surface area contributed by atoms with E-state index in [0.717, 1.165) is 17.0 Å². The van der Waals surface area contributed by atoms with Gasteiger partial charge in [-0.2, -0.15) is 0 Å². The molecule has 0 aliphatic rings. The highest BCUT2D eigenvalue weighted by atomic mass is 16.5. The monoisotopic (exact) mass is 327 g/mol. The molecule has 0 bridgehead atoms. The smallest absolute Gasteiger partial charge is 0.347 e. The van der Waals surface area contributed by atoms with E-state index in [-0.39, 0.29) is 11.1 Å². The Morgan fingerprint density at radius 3 is 2.58 bits per heavy atom. The van der Waals surface area contributed by atoms with Gasteiger partial charge in [0.15, 0.2) is 5.82 Å². The molecule has 0 aliphatic carbocycles. The average Bonchev–Trinajstić information content (AvgIpc) is 2.94. The van der Waals surface area contributed by atoms with Crippen LogP contribution in [0.15, 0.2) is 35.3 Å². The number of rotatable bonds is 4. The fourth-order valence-electron chi connectivity index (χ4n) is 2.32. The summed E-state index contributed by atoms with van der Waals surface area (Å²) in [6, 6.07) is 7.77. The average molecular weight is 327 g/mol. The highest BCUT2D eigenvalue weighted by molar-refractivity contribution is 5.62. The summed E-state index contributed by atoms with van der Waals surface area (Å²) in [7, 11) is 1.64. The fourth-order valence-corrected chi connectivity index (χ4v) is 2.32. The van der Waals surface area contributed by atoms with Crippen molar-refractivity contribution in [3.8, 4) is 5.75 Å². The molecule has 7 nitrogen and oxygen atoms in total. The number of aromatic amines is 1. The van der Waals surface area contributed by atoms with Crippen molar-refractivity contribution in [2.24, 2.45) is 0 Å². The zero-order valence-electron chi connectivity index (χ0n) is 14.3. The number of hydrogen-bond donors (Lipinski definition) is 2. The van der Waals surface area contributed by atoms with Gasteiger partial charge in [-0.3, -0.25) is 0 Å². The second-order valence-corrected chi connectivity index (χ2v) is 6.65. The number of hydrogen-bond acceptors (Lipinski definition) is 5. The molecule has 0 radical (unpaired) electrons. The number of nitrogens with one attached hydrogen (secondary N) is 2. The third-order valence-electron chi connectivity index (χ3n) is 3.79. The summed E-state index contributed by atoms with van der Waals surface area (Å²) >= 11 is 0. The minimum absolute atomic E-state index is 0.179. The van der Waals surface area contributed by atoms with Gasteiger partial charge in [0.25, 0.3) is 0 Å². The van der Waals surface area contributed by atoms with E-state index in [2.05, 4.69) is 41.3 Å². The van der Waals surface area contributed by atoms with Crippen LogP contribution in [0, 0.1) is 0 Å². The lowest BCUT2D eigenvalue weighted by Gasteiger charge is -2.19. The van der Waals surface area contributed by atoms with Crippen LogP contribution in [0.25, 0.3) is 5.65 Å². The number of H-pyrrole nitrogens is 1. The minimum atomic E-state index is -0.273. The lowest BCUT2D eigenvalue weighted by atomic mass is 9.93. The van der Waals surface area contributed by atoms with Gasteiger partial charge in [0.05, 0.1) is 12.8 Å². The Morgan fingerprint density at radius 1 is 1.25 bits per heavy atom. The zero-order chi connectivity index (χ0) is 17.3. The van der Waals surface area contributed by atoms with Gasteiger partial charge in [0.2, 0.25) is 5.65 Å². The first-order chi connectivity index (χ1) is 11.4. The van der Waals surface area contributed by atoms with Gasteiger partial charge in [0.1, 0.15) is 5.75 Å². The lowest BCUT2D eigenvalue weighted by Crippen LogP contribution is -2.19. The normalized spacial score (nSPS) is 11.7. The lowest BCUT2D eigenvalue weighted by molar-refractivity contribution is 0.414. The standard InChI is InChI=1S/C17H21N5O2/c1-17(2,3)13-10-22-15(20-21-16(22)23)14(19-13)18-9-11-5-7-12(24-4)8-6-11/h5-8,10H,9H2,1-4H3,(H,18,19)(H,21,23). The molecule has 2 N–H and O–H groups in total. The maximum atomic E-state index is 11.9. The molecule has 24 heavy (non-hydrogen) atoms. The molecule has 0 saturated carbocycles. The Kier molecular flexibility index (Phi) is 4.01. The highest BCUT2D eigenvalue weighted by Gasteiger charge is 2.19. The van der Waals surface area contributed by atoms with E-state index in [1.165, 1.54) is 4.40 Å². The van der Waals surface area contributed by atoms with E-state index >= 15 is 0 Å². The third kappa shape index (κ3) is 3.10. The van der Waals surface area contributed by atoms with E-state index in [1.807, 2.05) is 24.3 Å². The molecule has 2 heterocycles. The largest absolute Gasteiger partial charge is 0.497 e. The Labute approximate surface area is 139 Å². The number of aromatic nitrogens is 4. The van der Waals surface area contributed by atoms with Crippen molar-refractivity contribution in [1.29, 1.82) is 0 Å². The van der Waals surface area contributed by atoms with Gasteiger partial charge in [-0.05, 0) is 17.7 Å². The first kappa shape index (κ1) is 16.0. The van der Waals surface area contributed by atoms with Crippen LogP contribution in [0.1, 0.15) is 32.0 Å². The number of nitrogens with zero attached hydrogens (tertiary/aromatic N) is 3. The molecule has 0 aliphatic heterocycles. The molecule has 0 unspecified atom stereocenters. The Bertz CT molecular complexity index is 903. The molecule has 3 rings (SSSR count). The van der Waals surface area contributed by atoms with Gasteiger partial charge >= 0.3 is 5.69 Å².